The van der Waals surface area contributed by atoms with Crippen molar-refractivity contribution >= 4 is 35.8 Å². The average molecular weight is 386 g/mol. The standard InChI is InChI=1S/C12H26N4O2.HI/c1-10(2)5-6-15-12(13-3)16-9-11(17)14-7-8-18-4;/h10H,5-9H2,1-4H3,(H,14,17)(H2,13,15,16);1H. The summed E-state index contributed by atoms with van der Waals surface area (Å²) < 4.78 is 4.84. The number of methoxy groups -OCH3 is 1. The fraction of sp³-hybridized carbons (Fsp3) is 0.833. The van der Waals surface area contributed by atoms with Crippen molar-refractivity contribution in [2.24, 2.45) is 10.9 Å². The van der Waals surface area contributed by atoms with E-state index in [2.05, 4.69) is 34.8 Å². The van der Waals surface area contributed by atoms with Crippen LogP contribution in [0.5, 0.6) is 0 Å². The molecule has 0 aliphatic rings. The predicted molar refractivity (Wildman–Crippen MR) is 89.1 cm³/mol. The van der Waals surface area contributed by atoms with E-state index in [9.17, 15) is 4.79 Å². The summed E-state index contributed by atoms with van der Waals surface area (Å²) in [6.07, 6.45) is 1.07. The van der Waals surface area contributed by atoms with Gasteiger partial charge >= 0.3 is 0 Å². The highest BCUT2D eigenvalue weighted by molar-refractivity contribution is 14.0. The van der Waals surface area contributed by atoms with Crippen molar-refractivity contribution in [2.45, 2.75) is 20.3 Å². The molecule has 0 saturated carbocycles. The van der Waals surface area contributed by atoms with Crippen LogP contribution in [0.4, 0.5) is 0 Å². The minimum Gasteiger partial charge on any atom is -0.383 e. The fourth-order valence-corrected chi connectivity index (χ4v) is 1.22. The van der Waals surface area contributed by atoms with Gasteiger partial charge in [0, 0.05) is 27.2 Å². The van der Waals surface area contributed by atoms with E-state index in [0.717, 1.165) is 13.0 Å². The molecule has 1 amide bonds. The van der Waals surface area contributed by atoms with Gasteiger partial charge in [0.2, 0.25) is 5.91 Å². The van der Waals surface area contributed by atoms with E-state index < -0.39 is 0 Å². The van der Waals surface area contributed by atoms with Crippen molar-refractivity contribution in [3.05, 3.63) is 0 Å². The van der Waals surface area contributed by atoms with E-state index in [1.54, 1.807) is 14.2 Å². The third-order valence-electron chi connectivity index (χ3n) is 2.28. The van der Waals surface area contributed by atoms with E-state index in [1.807, 2.05) is 0 Å². The van der Waals surface area contributed by atoms with Crippen molar-refractivity contribution in [3.8, 4) is 0 Å². The molecule has 19 heavy (non-hydrogen) atoms. The summed E-state index contributed by atoms with van der Waals surface area (Å²) in [6, 6.07) is 0. The molecule has 0 aromatic carbocycles. The first kappa shape index (κ1) is 20.7. The summed E-state index contributed by atoms with van der Waals surface area (Å²) >= 11 is 0. The molecule has 0 bridgehead atoms. The number of rotatable bonds is 8. The van der Waals surface area contributed by atoms with E-state index >= 15 is 0 Å². The molecule has 0 fully saturated rings. The third kappa shape index (κ3) is 13.7. The highest BCUT2D eigenvalue weighted by Gasteiger charge is 2.02. The third-order valence-corrected chi connectivity index (χ3v) is 2.28. The number of carbonyl (C=O) groups is 1. The van der Waals surface area contributed by atoms with Gasteiger partial charge in [-0.3, -0.25) is 9.79 Å². The molecule has 0 unspecified atom stereocenters. The molecule has 0 heterocycles. The highest BCUT2D eigenvalue weighted by Crippen LogP contribution is 1.95. The number of nitrogens with one attached hydrogen (secondary N) is 3. The van der Waals surface area contributed by atoms with Crippen LogP contribution in [0.1, 0.15) is 20.3 Å². The van der Waals surface area contributed by atoms with E-state index in [4.69, 9.17) is 4.74 Å². The molecule has 6 nitrogen and oxygen atoms in total. The van der Waals surface area contributed by atoms with Gasteiger partial charge in [0.05, 0.1) is 13.2 Å². The Kier molecular flexibility index (Phi) is 15.1. The van der Waals surface area contributed by atoms with Gasteiger partial charge in [-0.25, -0.2) is 0 Å². The molecule has 7 heteroatoms. The second kappa shape index (κ2) is 13.9. The Labute approximate surface area is 133 Å². The van der Waals surface area contributed by atoms with Gasteiger partial charge in [-0.15, -0.1) is 24.0 Å². The molecule has 3 N–H and O–H groups in total. The molecule has 114 valence electrons. The molecule has 0 aromatic heterocycles. The van der Waals surface area contributed by atoms with Crippen LogP contribution in [0, 0.1) is 5.92 Å². The Morgan fingerprint density at radius 1 is 1.21 bits per heavy atom. The van der Waals surface area contributed by atoms with Gasteiger partial charge in [-0.05, 0) is 12.3 Å². The van der Waals surface area contributed by atoms with Crippen molar-refractivity contribution in [1.82, 2.24) is 16.0 Å². The van der Waals surface area contributed by atoms with Gasteiger partial charge < -0.3 is 20.7 Å². The Hall–Kier alpha value is -0.570. The minimum absolute atomic E-state index is 0. The van der Waals surface area contributed by atoms with Crippen LogP contribution < -0.4 is 16.0 Å². The lowest BCUT2D eigenvalue weighted by atomic mass is 10.1. The number of guanidine groups is 1. The largest absolute Gasteiger partial charge is 0.383 e. The number of ether oxygens (including phenoxy) is 1. The molecule has 0 atom stereocenters. The maximum absolute atomic E-state index is 11.4. The number of hydrogen-bond acceptors (Lipinski definition) is 3. The van der Waals surface area contributed by atoms with Crippen molar-refractivity contribution < 1.29 is 9.53 Å². The summed E-state index contributed by atoms with van der Waals surface area (Å²) in [5.41, 5.74) is 0. The lowest BCUT2D eigenvalue weighted by Crippen LogP contribution is -2.44. The van der Waals surface area contributed by atoms with Crippen LogP contribution in [-0.4, -0.2) is 52.3 Å². The second-order valence-corrected chi connectivity index (χ2v) is 4.38. The highest BCUT2D eigenvalue weighted by atomic mass is 127. The fourth-order valence-electron chi connectivity index (χ4n) is 1.22. The second-order valence-electron chi connectivity index (χ2n) is 4.38. The smallest absolute Gasteiger partial charge is 0.239 e. The van der Waals surface area contributed by atoms with Gasteiger partial charge in [0.15, 0.2) is 5.96 Å². The minimum atomic E-state index is -0.0705. The normalized spacial score (nSPS) is 10.9. The Balaban J connectivity index is 0. The Morgan fingerprint density at radius 2 is 1.89 bits per heavy atom. The number of carbonyl (C=O) groups excluding carboxylic acids is 1. The Bertz CT molecular complexity index is 260. The predicted octanol–water partition coefficient (Wildman–Crippen LogP) is 0.578. The zero-order valence-corrected chi connectivity index (χ0v) is 14.6. The van der Waals surface area contributed by atoms with Crippen LogP contribution in [0.2, 0.25) is 0 Å². The summed E-state index contributed by atoms with van der Waals surface area (Å²) in [5.74, 6) is 1.23. The molecule has 0 aromatic rings. The summed E-state index contributed by atoms with van der Waals surface area (Å²) in [7, 11) is 3.29. The van der Waals surface area contributed by atoms with Crippen LogP contribution in [0.3, 0.4) is 0 Å². The monoisotopic (exact) mass is 386 g/mol. The Morgan fingerprint density at radius 3 is 2.42 bits per heavy atom. The lowest BCUT2D eigenvalue weighted by Gasteiger charge is -2.12. The summed E-state index contributed by atoms with van der Waals surface area (Å²) in [6.45, 7) is 6.44. The van der Waals surface area contributed by atoms with E-state index in [1.165, 1.54) is 0 Å². The molecule has 0 aliphatic carbocycles. The van der Waals surface area contributed by atoms with E-state index in [0.29, 0.717) is 25.0 Å². The quantitative estimate of drug-likeness (QED) is 0.247. The maximum Gasteiger partial charge on any atom is 0.239 e. The molecule has 0 rings (SSSR count). The number of amides is 1. The van der Waals surface area contributed by atoms with Crippen molar-refractivity contribution in [3.63, 3.8) is 0 Å². The zero-order valence-electron chi connectivity index (χ0n) is 12.3. The molecule has 0 aliphatic heterocycles. The van der Waals surface area contributed by atoms with Gasteiger partial charge in [0.1, 0.15) is 0 Å². The van der Waals surface area contributed by atoms with Gasteiger partial charge in [0.25, 0.3) is 0 Å². The molecular formula is C12H27IN4O2. The van der Waals surface area contributed by atoms with Gasteiger partial charge in [-0.2, -0.15) is 0 Å². The SMILES string of the molecule is CN=C(NCCC(C)C)NCC(=O)NCCOC.I. The molecular weight excluding hydrogens is 359 g/mol. The number of halogens is 1. The summed E-state index contributed by atoms with van der Waals surface area (Å²) in [5, 5.41) is 8.84. The van der Waals surface area contributed by atoms with Crippen LogP contribution >= 0.6 is 24.0 Å². The molecule has 0 radical (unpaired) electrons. The van der Waals surface area contributed by atoms with Crippen LogP contribution in [0.15, 0.2) is 4.99 Å². The molecule has 0 spiro atoms. The first-order valence-corrected chi connectivity index (χ1v) is 6.30. The maximum atomic E-state index is 11.4. The van der Waals surface area contributed by atoms with Gasteiger partial charge in [-0.1, -0.05) is 13.8 Å². The number of nitrogens with zero attached hydrogens (tertiary/aromatic N) is 1. The van der Waals surface area contributed by atoms with E-state index in [-0.39, 0.29) is 36.4 Å². The number of hydrogen-bond donors (Lipinski definition) is 3. The average Bonchev–Trinajstić information content (AvgIpc) is 2.33. The summed E-state index contributed by atoms with van der Waals surface area (Å²) in [4.78, 5) is 15.5. The first-order valence-electron chi connectivity index (χ1n) is 6.30. The zero-order chi connectivity index (χ0) is 13.8. The van der Waals surface area contributed by atoms with Crippen molar-refractivity contribution in [2.75, 3.05) is 40.4 Å². The number of aliphatic imine (C=N–C) groups is 1. The lowest BCUT2D eigenvalue weighted by molar-refractivity contribution is -0.120. The topological polar surface area (TPSA) is 74.8 Å². The van der Waals surface area contributed by atoms with Crippen LogP contribution in [0.25, 0.3) is 0 Å². The van der Waals surface area contributed by atoms with Crippen molar-refractivity contribution in [1.29, 1.82) is 0 Å². The molecule has 0 saturated heterocycles. The first-order chi connectivity index (χ1) is 8.60. The van der Waals surface area contributed by atoms with Crippen LogP contribution in [-0.2, 0) is 9.53 Å².